The quantitative estimate of drug-likeness (QED) is 0.326. The van der Waals surface area contributed by atoms with E-state index in [4.69, 9.17) is 11.6 Å². The van der Waals surface area contributed by atoms with Crippen LogP contribution in [0.3, 0.4) is 0 Å². The molecule has 0 radical (unpaired) electrons. The van der Waals surface area contributed by atoms with E-state index in [1.54, 1.807) is 18.3 Å². The fourth-order valence-electron chi connectivity index (χ4n) is 3.36. The van der Waals surface area contributed by atoms with Crippen molar-refractivity contribution in [2.45, 2.75) is 54.9 Å². The van der Waals surface area contributed by atoms with Crippen molar-refractivity contribution in [1.29, 1.82) is 0 Å². The highest BCUT2D eigenvalue weighted by molar-refractivity contribution is 6.30. The molecule has 0 saturated carbocycles. The lowest BCUT2D eigenvalue weighted by molar-refractivity contribution is 0.101. The van der Waals surface area contributed by atoms with E-state index in [1.807, 2.05) is 45.9 Å². The summed E-state index contributed by atoms with van der Waals surface area (Å²) in [5, 5.41) is 3.11. The van der Waals surface area contributed by atoms with E-state index in [0.29, 0.717) is 10.7 Å². The number of halogens is 3. The number of amides is 1. The topological polar surface area (TPSA) is 42.0 Å². The van der Waals surface area contributed by atoms with Crippen molar-refractivity contribution in [3.63, 3.8) is 0 Å². The molecule has 3 rings (SSSR count). The van der Waals surface area contributed by atoms with Crippen molar-refractivity contribution in [3.05, 3.63) is 105 Å². The minimum absolute atomic E-state index is 0.435. The zero-order valence-electron chi connectivity index (χ0n) is 22.5. The molecule has 0 bridgehead atoms. The lowest BCUT2D eigenvalue weighted by Crippen LogP contribution is -2.15. The Labute approximate surface area is 224 Å². The highest BCUT2D eigenvalue weighted by Crippen LogP contribution is 2.28. The molecule has 0 atom stereocenters. The SMILES string of the molecule is CC(C)=C(/C=C(\C)c1cc(Cl)cnc1C)c1ccc(NC(=O)c2c(F)cccc2F)cc1.CCC(C)C. The highest BCUT2D eigenvalue weighted by atomic mass is 35.5. The molecule has 0 aliphatic carbocycles. The van der Waals surface area contributed by atoms with Crippen molar-refractivity contribution < 1.29 is 13.6 Å². The number of hydrogen-bond donors (Lipinski definition) is 1. The number of nitrogens with zero attached hydrogens (tertiary/aromatic N) is 1. The molecule has 3 nitrogen and oxygen atoms in total. The zero-order chi connectivity index (χ0) is 27.7. The zero-order valence-corrected chi connectivity index (χ0v) is 23.3. The van der Waals surface area contributed by atoms with E-state index >= 15 is 0 Å². The van der Waals surface area contributed by atoms with E-state index in [1.165, 1.54) is 12.5 Å². The van der Waals surface area contributed by atoms with Crippen LogP contribution in [-0.2, 0) is 0 Å². The van der Waals surface area contributed by atoms with Gasteiger partial charge in [-0.2, -0.15) is 0 Å². The molecule has 6 heteroatoms. The summed E-state index contributed by atoms with van der Waals surface area (Å²) in [7, 11) is 0. The summed E-state index contributed by atoms with van der Waals surface area (Å²) in [6, 6.07) is 12.3. The van der Waals surface area contributed by atoms with Crippen LogP contribution >= 0.6 is 11.6 Å². The first-order chi connectivity index (χ1) is 17.4. The Morgan fingerprint density at radius 2 is 1.62 bits per heavy atom. The molecule has 3 aromatic rings. The number of carbonyl (C=O) groups is 1. The van der Waals surface area contributed by atoms with Gasteiger partial charge >= 0.3 is 0 Å². The minimum atomic E-state index is -0.905. The van der Waals surface area contributed by atoms with Crippen LogP contribution in [0, 0.1) is 24.5 Å². The first-order valence-electron chi connectivity index (χ1n) is 12.3. The number of anilines is 1. The Morgan fingerprint density at radius 3 is 2.14 bits per heavy atom. The molecular weight excluding hydrogens is 490 g/mol. The van der Waals surface area contributed by atoms with E-state index in [2.05, 4.69) is 37.1 Å². The predicted molar refractivity (Wildman–Crippen MR) is 152 cm³/mol. The number of hydrogen-bond acceptors (Lipinski definition) is 2. The second kappa shape index (κ2) is 13.8. The van der Waals surface area contributed by atoms with Crippen LogP contribution in [0.2, 0.25) is 5.02 Å². The first kappa shape index (κ1) is 29.9. The van der Waals surface area contributed by atoms with Gasteiger partial charge in [0.25, 0.3) is 5.91 Å². The molecule has 2 aromatic carbocycles. The molecule has 0 fully saturated rings. The predicted octanol–water partition coefficient (Wildman–Crippen LogP) is 9.52. The highest BCUT2D eigenvalue weighted by Gasteiger charge is 2.17. The molecule has 1 amide bonds. The molecule has 0 aliphatic rings. The normalized spacial score (nSPS) is 11.1. The maximum absolute atomic E-state index is 13.9. The van der Waals surface area contributed by atoms with Gasteiger partial charge in [0.15, 0.2) is 0 Å². The van der Waals surface area contributed by atoms with Crippen molar-refractivity contribution in [2.75, 3.05) is 5.32 Å². The number of benzene rings is 2. The fourth-order valence-corrected chi connectivity index (χ4v) is 3.52. The van der Waals surface area contributed by atoms with Crippen LogP contribution in [-0.4, -0.2) is 10.9 Å². The second-order valence-electron chi connectivity index (χ2n) is 9.46. The van der Waals surface area contributed by atoms with Gasteiger partial charge in [-0.05, 0) is 80.7 Å². The van der Waals surface area contributed by atoms with Crippen molar-refractivity contribution >= 4 is 34.3 Å². The Hall–Kier alpha value is -3.31. The van der Waals surface area contributed by atoms with Crippen LogP contribution in [0.1, 0.15) is 75.1 Å². The van der Waals surface area contributed by atoms with Gasteiger partial charge < -0.3 is 5.32 Å². The largest absolute Gasteiger partial charge is 0.322 e. The number of carbonyl (C=O) groups excluding carboxylic acids is 1. The molecule has 1 heterocycles. The van der Waals surface area contributed by atoms with Gasteiger partial charge in [0.2, 0.25) is 0 Å². The average Bonchev–Trinajstić information content (AvgIpc) is 2.84. The number of aryl methyl sites for hydroxylation is 1. The molecular formula is C31H35ClF2N2O. The number of pyridine rings is 1. The lowest BCUT2D eigenvalue weighted by atomic mass is 9.96. The lowest BCUT2D eigenvalue weighted by Gasteiger charge is -2.12. The van der Waals surface area contributed by atoms with Crippen LogP contribution in [0.4, 0.5) is 14.5 Å². The molecule has 0 aliphatic heterocycles. The van der Waals surface area contributed by atoms with Gasteiger partial charge in [0.05, 0.1) is 5.02 Å². The molecule has 1 aromatic heterocycles. The smallest absolute Gasteiger partial charge is 0.261 e. The van der Waals surface area contributed by atoms with Gasteiger partial charge in [-0.15, -0.1) is 0 Å². The Kier molecular flexibility index (Phi) is 11.2. The average molecular weight is 525 g/mol. The Balaban J connectivity index is 0.000000877. The monoisotopic (exact) mass is 524 g/mol. The Morgan fingerprint density at radius 1 is 1.05 bits per heavy atom. The van der Waals surface area contributed by atoms with Crippen molar-refractivity contribution in [2.24, 2.45) is 5.92 Å². The van der Waals surface area contributed by atoms with Crippen LogP contribution in [0.15, 0.2) is 66.4 Å². The third-order valence-corrected chi connectivity index (χ3v) is 6.04. The number of allylic oxidation sites excluding steroid dienone is 4. The first-order valence-corrected chi connectivity index (χ1v) is 12.7. The van der Waals surface area contributed by atoms with Crippen LogP contribution in [0.25, 0.3) is 11.1 Å². The summed E-state index contributed by atoms with van der Waals surface area (Å²) in [6.07, 6.45) is 4.99. The second-order valence-corrected chi connectivity index (χ2v) is 9.89. The van der Waals surface area contributed by atoms with Gasteiger partial charge in [-0.1, -0.05) is 68.6 Å². The van der Waals surface area contributed by atoms with E-state index in [9.17, 15) is 13.6 Å². The molecule has 0 spiro atoms. The summed E-state index contributed by atoms with van der Waals surface area (Å²) in [5.74, 6) is -1.76. The summed E-state index contributed by atoms with van der Waals surface area (Å²) in [6.45, 7) is 14.6. The van der Waals surface area contributed by atoms with Crippen LogP contribution < -0.4 is 5.32 Å². The maximum Gasteiger partial charge on any atom is 0.261 e. The van der Waals surface area contributed by atoms with Crippen molar-refractivity contribution in [3.8, 4) is 0 Å². The summed E-state index contributed by atoms with van der Waals surface area (Å²) in [5.41, 5.74) is 5.74. The number of nitrogens with one attached hydrogen (secondary N) is 1. The van der Waals surface area contributed by atoms with Gasteiger partial charge in [-0.25, -0.2) is 8.78 Å². The third kappa shape index (κ3) is 8.64. The minimum Gasteiger partial charge on any atom is -0.322 e. The number of aromatic nitrogens is 1. The molecule has 0 unspecified atom stereocenters. The summed E-state index contributed by atoms with van der Waals surface area (Å²) < 4.78 is 27.7. The van der Waals surface area contributed by atoms with E-state index in [0.717, 1.165) is 51.6 Å². The molecule has 1 N–H and O–H groups in total. The third-order valence-electron chi connectivity index (χ3n) is 5.84. The molecule has 196 valence electrons. The van der Waals surface area contributed by atoms with Gasteiger partial charge in [-0.3, -0.25) is 9.78 Å². The summed E-state index contributed by atoms with van der Waals surface area (Å²) in [4.78, 5) is 16.6. The fraction of sp³-hybridized carbons (Fsp3) is 0.290. The molecule has 37 heavy (non-hydrogen) atoms. The summed E-state index contributed by atoms with van der Waals surface area (Å²) >= 11 is 6.12. The number of rotatable bonds is 6. The van der Waals surface area contributed by atoms with Crippen LogP contribution in [0.5, 0.6) is 0 Å². The molecule has 0 saturated heterocycles. The maximum atomic E-state index is 13.9. The van der Waals surface area contributed by atoms with Crippen molar-refractivity contribution in [1.82, 2.24) is 4.98 Å². The standard InChI is InChI=1S/C26H23ClF2N2O.C5H12/c1-15(2)21(12-16(3)22-13-19(27)14-30-17(22)4)18-8-10-20(11-9-18)31-26(32)25-23(28)6-5-7-24(25)29;1-4-5(2)3/h5-14H,1-4H3,(H,31,32);5H,4H2,1-3H3/b16-12+;. The van der Waals surface area contributed by atoms with Gasteiger partial charge in [0, 0.05) is 23.1 Å². The van der Waals surface area contributed by atoms with E-state index in [-0.39, 0.29) is 0 Å². The van der Waals surface area contributed by atoms with Gasteiger partial charge in [0.1, 0.15) is 17.2 Å². The van der Waals surface area contributed by atoms with E-state index < -0.39 is 23.1 Å². The Bertz CT molecular complexity index is 1270.